The number of amides is 1. The Hall–Kier alpha value is -0.790. The molecule has 0 aliphatic carbocycles. The van der Waals surface area contributed by atoms with Gasteiger partial charge in [0.25, 0.3) is 0 Å². The van der Waals surface area contributed by atoms with Crippen molar-refractivity contribution in [3.05, 3.63) is 19.1 Å². The maximum atomic E-state index is 11.4. The summed E-state index contributed by atoms with van der Waals surface area (Å²) in [5.41, 5.74) is 0. The van der Waals surface area contributed by atoms with Gasteiger partial charge in [0.15, 0.2) is 0 Å². The van der Waals surface area contributed by atoms with Crippen molar-refractivity contribution in [3.63, 3.8) is 0 Å². The quantitative estimate of drug-likeness (QED) is 0.544. The minimum absolute atomic E-state index is 0.0584. The third kappa shape index (κ3) is 1.68. The van der Waals surface area contributed by atoms with Crippen LogP contribution in [0, 0.1) is 6.42 Å². The molecule has 2 unspecified atom stereocenters. The van der Waals surface area contributed by atoms with E-state index in [1.807, 2.05) is 4.90 Å². The highest BCUT2D eigenvalue weighted by atomic mass is 16.2. The van der Waals surface area contributed by atoms with E-state index in [4.69, 9.17) is 0 Å². The van der Waals surface area contributed by atoms with Crippen molar-refractivity contribution in [2.45, 2.75) is 38.8 Å². The van der Waals surface area contributed by atoms with Crippen molar-refractivity contribution >= 4 is 5.91 Å². The summed E-state index contributed by atoms with van der Waals surface area (Å²) < 4.78 is 0. The van der Waals surface area contributed by atoms with Gasteiger partial charge in [0.2, 0.25) is 5.91 Å². The Morgan fingerprint density at radius 1 is 1.50 bits per heavy atom. The zero-order valence-corrected chi connectivity index (χ0v) is 7.79. The van der Waals surface area contributed by atoms with Crippen molar-refractivity contribution < 1.29 is 4.79 Å². The highest BCUT2D eigenvalue weighted by Crippen LogP contribution is 2.21. The van der Waals surface area contributed by atoms with Gasteiger partial charge in [-0.25, -0.2) is 0 Å². The predicted octanol–water partition coefficient (Wildman–Crippen LogP) is 1.78. The van der Waals surface area contributed by atoms with Crippen LogP contribution in [0.2, 0.25) is 0 Å². The lowest BCUT2D eigenvalue weighted by molar-refractivity contribution is -0.131. The number of piperidine rings is 1. The van der Waals surface area contributed by atoms with E-state index in [1.54, 1.807) is 0 Å². The van der Waals surface area contributed by atoms with Gasteiger partial charge in [-0.1, -0.05) is 6.58 Å². The number of hydrogen-bond donors (Lipinski definition) is 0. The molecule has 2 heteroatoms. The van der Waals surface area contributed by atoms with Crippen molar-refractivity contribution in [1.82, 2.24) is 4.90 Å². The second-order valence-corrected chi connectivity index (χ2v) is 3.41. The number of carbonyl (C=O) groups is 1. The Bertz CT molecular complexity index is 178. The molecular formula is C10H16NO. The van der Waals surface area contributed by atoms with Gasteiger partial charge in [-0.05, 0) is 39.2 Å². The van der Waals surface area contributed by atoms with Gasteiger partial charge in [0.05, 0.1) is 0 Å². The van der Waals surface area contributed by atoms with Crippen molar-refractivity contribution in [1.29, 1.82) is 0 Å². The number of likely N-dealkylation sites (tertiary alicyclic amines) is 1. The van der Waals surface area contributed by atoms with Gasteiger partial charge in [-0.15, -0.1) is 0 Å². The standard InChI is InChI=1S/C10H16NO/c1-4-10(12)11-8(2)6-5-7-9(11)3/h4-5,8-9H,1,6-7H2,2-3H3. The summed E-state index contributed by atoms with van der Waals surface area (Å²) in [4.78, 5) is 13.3. The van der Waals surface area contributed by atoms with Gasteiger partial charge in [0.1, 0.15) is 0 Å². The topological polar surface area (TPSA) is 20.3 Å². The summed E-state index contributed by atoms with van der Waals surface area (Å²) in [5.74, 6) is 0.0584. The van der Waals surface area contributed by atoms with E-state index >= 15 is 0 Å². The SMILES string of the molecule is C=CC(=O)N1C(C)C[CH]CC1C. The summed E-state index contributed by atoms with van der Waals surface area (Å²) in [6.07, 6.45) is 5.66. The molecule has 1 amide bonds. The van der Waals surface area contributed by atoms with Gasteiger partial charge in [0, 0.05) is 12.1 Å². The molecule has 2 nitrogen and oxygen atoms in total. The molecule has 1 rings (SSSR count). The van der Waals surface area contributed by atoms with Crippen LogP contribution >= 0.6 is 0 Å². The Morgan fingerprint density at radius 2 is 2.00 bits per heavy atom. The fourth-order valence-electron chi connectivity index (χ4n) is 1.78. The molecule has 2 atom stereocenters. The third-order valence-corrected chi connectivity index (χ3v) is 2.39. The second kappa shape index (κ2) is 3.74. The van der Waals surface area contributed by atoms with Gasteiger partial charge >= 0.3 is 0 Å². The first-order chi connectivity index (χ1) is 5.66. The lowest BCUT2D eigenvalue weighted by Crippen LogP contribution is -2.46. The molecule has 0 aromatic carbocycles. The maximum absolute atomic E-state index is 11.4. The largest absolute Gasteiger partial charge is 0.334 e. The van der Waals surface area contributed by atoms with Crippen LogP contribution in [0.5, 0.6) is 0 Å². The lowest BCUT2D eigenvalue weighted by atomic mass is 9.97. The zero-order chi connectivity index (χ0) is 9.14. The molecule has 1 saturated heterocycles. The van der Waals surface area contributed by atoms with Crippen LogP contribution in [0.15, 0.2) is 12.7 Å². The Balaban J connectivity index is 2.68. The molecule has 0 spiro atoms. The van der Waals surface area contributed by atoms with Crippen molar-refractivity contribution in [3.8, 4) is 0 Å². The van der Waals surface area contributed by atoms with Crippen molar-refractivity contribution in [2.24, 2.45) is 0 Å². The maximum Gasteiger partial charge on any atom is 0.246 e. The van der Waals surface area contributed by atoms with E-state index in [9.17, 15) is 4.79 Å². The molecule has 0 N–H and O–H groups in total. The van der Waals surface area contributed by atoms with Crippen LogP contribution in [0.4, 0.5) is 0 Å². The molecular weight excluding hydrogens is 150 g/mol. The number of rotatable bonds is 1. The van der Waals surface area contributed by atoms with Crippen molar-refractivity contribution in [2.75, 3.05) is 0 Å². The Labute approximate surface area is 74.2 Å². The van der Waals surface area contributed by atoms with Crippen LogP contribution in [0.25, 0.3) is 0 Å². The van der Waals surface area contributed by atoms with Crippen LogP contribution in [-0.2, 0) is 4.79 Å². The molecule has 1 radical (unpaired) electrons. The average Bonchev–Trinajstić information content (AvgIpc) is 2.03. The Morgan fingerprint density at radius 3 is 2.42 bits per heavy atom. The first-order valence-electron chi connectivity index (χ1n) is 4.43. The molecule has 67 valence electrons. The molecule has 1 heterocycles. The van der Waals surface area contributed by atoms with E-state index < -0.39 is 0 Å². The average molecular weight is 166 g/mol. The highest BCUT2D eigenvalue weighted by molar-refractivity contribution is 5.87. The van der Waals surface area contributed by atoms with Crippen LogP contribution in [0.3, 0.4) is 0 Å². The van der Waals surface area contributed by atoms with Crippen LogP contribution < -0.4 is 0 Å². The summed E-state index contributed by atoms with van der Waals surface area (Å²) in [5, 5.41) is 0. The molecule has 1 aliphatic rings. The normalized spacial score (nSPS) is 30.0. The molecule has 0 bridgehead atoms. The van der Waals surface area contributed by atoms with Gasteiger partial charge < -0.3 is 4.90 Å². The van der Waals surface area contributed by atoms with E-state index in [0.717, 1.165) is 12.8 Å². The van der Waals surface area contributed by atoms with Gasteiger partial charge in [-0.3, -0.25) is 4.79 Å². The molecule has 1 aliphatic heterocycles. The Kier molecular flexibility index (Phi) is 2.90. The summed E-state index contributed by atoms with van der Waals surface area (Å²) in [6, 6.07) is 0.665. The van der Waals surface area contributed by atoms with Gasteiger partial charge in [-0.2, -0.15) is 0 Å². The smallest absolute Gasteiger partial charge is 0.246 e. The van der Waals surface area contributed by atoms with E-state index in [-0.39, 0.29) is 5.91 Å². The van der Waals surface area contributed by atoms with E-state index in [0.29, 0.717) is 12.1 Å². The molecule has 1 fully saturated rings. The zero-order valence-electron chi connectivity index (χ0n) is 7.79. The second-order valence-electron chi connectivity index (χ2n) is 3.41. The van der Waals surface area contributed by atoms with E-state index in [2.05, 4.69) is 26.8 Å². The number of carbonyl (C=O) groups excluding carboxylic acids is 1. The van der Waals surface area contributed by atoms with Crippen LogP contribution in [0.1, 0.15) is 26.7 Å². The molecule has 12 heavy (non-hydrogen) atoms. The first kappa shape index (κ1) is 9.30. The first-order valence-corrected chi connectivity index (χ1v) is 4.43. The molecule has 0 aromatic rings. The lowest BCUT2D eigenvalue weighted by Gasteiger charge is -2.38. The van der Waals surface area contributed by atoms with Crippen LogP contribution in [-0.4, -0.2) is 22.9 Å². The summed E-state index contributed by atoms with van der Waals surface area (Å²) >= 11 is 0. The van der Waals surface area contributed by atoms with E-state index in [1.165, 1.54) is 6.08 Å². The number of nitrogens with zero attached hydrogens (tertiary/aromatic N) is 1. The fraction of sp³-hybridized carbons (Fsp3) is 0.600. The minimum Gasteiger partial charge on any atom is -0.334 e. The number of hydrogen-bond acceptors (Lipinski definition) is 1. The molecule has 0 saturated carbocycles. The fourth-order valence-corrected chi connectivity index (χ4v) is 1.78. The minimum atomic E-state index is 0.0584. The monoisotopic (exact) mass is 166 g/mol. The summed E-state index contributed by atoms with van der Waals surface area (Å²) in [6.45, 7) is 7.66. The molecule has 0 aromatic heterocycles. The third-order valence-electron chi connectivity index (χ3n) is 2.39. The summed E-state index contributed by atoms with van der Waals surface area (Å²) in [7, 11) is 0. The highest BCUT2D eigenvalue weighted by Gasteiger charge is 2.26. The predicted molar refractivity (Wildman–Crippen MR) is 49.5 cm³/mol.